The van der Waals surface area contributed by atoms with Crippen LogP contribution in [0.1, 0.15) is 34.1 Å². The van der Waals surface area contributed by atoms with E-state index in [0.29, 0.717) is 12.1 Å². The predicted molar refractivity (Wildman–Crippen MR) is 92.5 cm³/mol. The molecule has 0 radical (unpaired) electrons. The summed E-state index contributed by atoms with van der Waals surface area (Å²) in [6.07, 6.45) is 3.49. The molecule has 4 heteroatoms. The molecule has 3 rings (SSSR count). The average molecular weight is 307 g/mol. The van der Waals surface area contributed by atoms with Gasteiger partial charge in [0, 0.05) is 47.6 Å². The fourth-order valence-electron chi connectivity index (χ4n) is 2.99. The maximum Gasteiger partial charge on any atom is 0.251 e. The molecule has 0 fully saturated rings. The molecular weight excluding hydrogens is 286 g/mol. The van der Waals surface area contributed by atoms with Crippen molar-refractivity contribution in [2.24, 2.45) is 0 Å². The normalized spacial score (nSPS) is 10.9. The first-order chi connectivity index (χ1) is 11.1. The van der Waals surface area contributed by atoms with Gasteiger partial charge >= 0.3 is 0 Å². The number of aryl methyl sites for hydroxylation is 2. The molecule has 0 aliphatic heterocycles. The summed E-state index contributed by atoms with van der Waals surface area (Å²) in [5.74, 6) is -0.0583. The monoisotopic (exact) mass is 307 g/mol. The van der Waals surface area contributed by atoms with Crippen LogP contribution in [-0.4, -0.2) is 15.5 Å². The minimum Gasteiger partial charge on any atom is -0.348 e. The predicted octanol–water partition coefficient (Wildman–Crippen LogP) is 3.60. The Labute approximate surface area is 136 Å². The molecule has 0 aliphatic carbocycles. The first-order valence-corrected chi connectivity index (χ1v) is 7.88. The SMILES string of the molecule is CCn1c(C)c(C)c2cc(C(=O)NCc3cccnc3)ccc21. The minimum atomic E-state index is -0.0583. The van der Waals surface area contributed by atoms with Crippen molar-refractivity contribution in [3.63, 3.8) is 0 Å². The number of nitrogens with one attached hydrogen (secondary N) is 1. The first-order valence-electron chi connectivity index (χ1n) is 7.88. The Morgan fingerprint density at radius 2 is 2.09 bits per heavy atom. The molecule has 23 heavy (non-hydrogen) atoms. The zero-order valence-electron chi connectivity index (χ0n) is 13.8. The van der Waals surface area contributed by atoms with E-state index in [9.17, 15) is 4.79 Å². The maximum atomic E-state index is 12.4. The number of hydrogen-bond acceptors (Lipinski definition) is 2. The van der Waals surface area contributed by atoms with Crippen LogP contribution in [0.4, 0.5) is 0 Å². The Hall–Kier alpha value is -2.62. The van der Waals surface area contributed by atoms with Crippen LogP contribution in [0.25, 0.3) is 10.9 Å². The van der Waals surface area contributed by atoms with E-state index in [1.165, 1.54) is 16.8 Å². The lowest BCUT2D eigenvalue weighted by molar-refractivity contribution is 0.0951. The van der Waals surface area contributed by atoms with Crippen molar-refractivity contribution in [1.29, 1.82) is 0 Å². The zero-order chi connectivity index (χ0) is 16.4. The van der Waals surface area contributed by atoms with Crippen LogP contribution in [0.3, 0.4) is 0 Å². The molecule has 4 nitrogen and oxygen atoms in total. The number of pyridine rings is 1. The largest absolute Gasteiger partial charge is 0.348 e. The van der Waals surface area contributed by atoms with Crippen molar-refractivity contribution < 1.29 is 4.79 Å². The summed E-state index contributed by atoms with van der Waals surface area (Å²) in [5.41, 5.74) is 5.37. The molecule has 1 amide bonds. The number of carbonyl (C=O) groups is 1. The lowest BCUT2D eigenvalue weighted by atomic mass is 10.1. The van der Waals surface area contributed by atoms with Crippen molar-refractivity contribution in [3.8, 4) is 0 Å². The van der Waals surface area contributed by atoms with Gasteiger partial charge in [0.2, 0.25) is 0 Å². The van der Waals surface area contributed by atoms with E-state index in [1.54, 1.807) is 12.4 Å². The van der Waals surface area contributed by atoms with E-state index in [2.05, 4.69) is 35.6 Å². The first kappa shape index (κ1) is 15.3. The Balaban J connectivity index is 1.85. The molecule has 2 heterocycles. The quantitative estimate of drug-likeness (QED) is 0.800. The van der Waals surface area contributed by atoms with Crippen LogP contribution in [-0.2, 0) is 13.1 Å². The van der Waals surface area contributed by atoms with Gasteiger partial charge in [0.25, 0.3) is 5.91 Å². The molecule has 0 unspecified atom stereocenters. The lowest BCUT2D eigenvalue weighted by Gasteiger charge is -2.07. The van der Waals surface area contributed by atoms with E-state index in [1.807, 2.05) is 30.3 Å². The van der Waals surface area contributed by atoms with Crippen LogP contribution < -0.4 is 5.32 Å². The van der Waals surface area contributed by atoms with Crippen LogP contribution in [0.2, 0.25) is 0 Å². The van der Waals surface area contributed by atoms with Crippen molar-refractivity contribution in [2.45, 2.75) is 33.9 Å². The summed E-state index contributed by atoms with van der Waals surface area (Å²) in [7, 11) is 0. The Bertz CT molecular complexity index is 850. The zero-order valence-corrected chi connectivity index (χ0v) is 13.8. The van der Waals surface area contributed by atoms with E-state index in [0.717, 1.165) is 17.5 Å². The fraction of sp³-hybridized carbons (Fsp3) is 0.263. The number of fused-ring (bicyclic) bond motifs is 1. The summed E-state index contributed by atoms with van der Waals surface area (Å²) in [6.45, 7) is 7.80. The third-order valence-electron chi connectivity index (χ3n) is 4.39. The molecule has 3 aromatic rings. The van der Waals surface area contributed by atoms with Gasteiger partial charge in [0.05, 0.1) is 0 Å². The highest BCUT2D eigenvalue weighted by atomic mass is 16.1. The Morgan fingerprint density at radius 1 is 1.26 bits per heavy atom. The van der Waals surface area contributed by atoms with Crippen molar-refractivity contribution >= 4 is 16.8 Å². The van der Waals surface area contributed by atoms with Gasteiger partial charge in [0.1, 0.15) is 0 Å². The van der Waals surface area contributed by atoms with Crippen molar-refractivity contribution in [2.75, 3.05) is 0 Å². The third kappa shape index (κ3) is 2.84. The van der Waals surface area contributed by atoms with Gasteiger partial charge in [-0.1, -0.05) is 6.07 Å². The van der Waals surface area contributed by atoms with E-state index >= 15 is 0 Å². The molecular formula is C19H21N3O. The average Bonchev–Trinajstić information content (AvgIpc) is 2.84. The third-order valence-corrected chi connectivity index (χ3v) is 4.39. The van der Waals surface area contributed by atoms with E-state index < -0.39 is 0 Å². The standard InChI is InChI=1S/C19H21N3O/c1-4-22-14(3)13(2)17-10-16(7-8-18(17)22)19(23)21-12-15-6-5-9-20-11-15/h5-11H,4,12H2,1-3H3,(H,21,23). The van der Waals surface area contributed by atoms with Crippen LogP contribution in [0.5, 0.6) is 0 Å². The Kier molecular flexibility index (Phi) is 4.15. The number of hydrogen-bond donors (Lipinski definition) is 1. The van der Waals surface area contributed by atoms with Crippen LogP contribution in [0, 0.1) is 13.8 Å². The van der Waals surface area contributed by atoms with Gasteiger partial charge < -0.3 is 9.88 Å². The van der Waals surface area contributed by atoms with Gasteiger partial charge in [-0.2, -0.15) is 0 Å². The smallest absolute Gasteiger partial charge is 0.251 e. The number of carbonyl (C=O) groups excluding carboxylic acids is 1. The van der Waals surface area contributed by atoms with Gasteiger partial charge in [0.15, 0.2) is 0 Å². The lowest BCUT2D eigenvalue weighted by Crippen LogP contribution is -2.22. The highest BCUT2D eigenvalue weighted by Crippen LogP contribution is 2.26. The van der Waals surface area contributed by atoms with Crippen LogP contribution in [0.15, 0.2) is 42.7 Å². The summed E-state index contributed by atoms with van der Waals surface area (Å²) in [4.78, 5) is 16.5. The molecule has 0 saturated carbocycles. The number of amides is 1. The molecule has 0 aliphatic rings. The van der Waals surface area contributed by atoms with Crippen LogP contribution >= 0.6 is 0 Å². The minimum absolute atomic E-state index is 0.0583. The second-order valence-corrected chi connectivity index (χ2v) is 5.73. The Morgan fingerprint density at radius 3 is 2.78 bits per heavy atom. The topological polar surface area (TPSA) is 46.9 Å². The second kappa shape index (κ2) is 6.24. The number of aromatic nitrogens is 2. The second-order valence-electron chi connectivity index (χ2n) is 5.73. The van der Waals surface area contributed by atoms with E-state index in [4.69, 9.17) is 0 Å². The molecule has 0 spiro atoms. The van der Waals surface area contributed by atoms with Gasteiger partial charge in [-0.25, -0.2) is 0 Å². The fourth-order valence-corrected chi connectivity index (χ4v) is 2.99. The van der Waals surface area contributed by atoms with E-state index in [-0.39, 0.29) is 5.91 Å². The van der Waals surface area contributed by atoms with Gasteiger partial charge in [-0.05, 0) is 56.2 Å². The van der Waals surface area contributed by atoms with Gasteiger partial charge in [-0.15, -0.1) is 0 Å². The molecule has 118 valence electrons. The molecule has 0 saturated heterocycles. The molecule has 0 bridgehead atoms. The molecule has 1 N–H and O–H groups in total. The molecule has 2 aromatic heterocycles. The summed E-state index contributed by atoms with van der Waals surface area (Å²) in [6, 6.07) is 9.74. The van der Waals surface area contributed by atoms with Gasteiger partial charge in [-0.3, -0.25) is 9.78 Å². The highest BCUT2D eigenvalue weighted by Gasteiger charge is 2.13. The number of benzene rings is 1. The maximum absolute atomic E-state index is 12.4. The number of rotatable bonds is 4. The van der Waals surface area contributed by atoms with Crippen molar-refractivity contribution in [1.82, 2.24) is 14.9 Å². The highest BCUT2D eigenvalue weighted by molar-refractivity contribution is 5.99. The summed E-state index contributed by atoms with van der Waals surface area (Å²) in [5, 5.41) is 4.10. The summed E-state index contributed by atoms with van der Waals surface area (Å²) < 4.78 is 2.28. The van der Waals surface area contributed by atoms with Crippen molar-refractivity contribution in [3.05, 3.63) is 65.1 Å². The number of nitrogens with zero attached hydrogens (tertiary/aromatic N) is 2. The summed E-state index contributed by atoms with van der Waals surface area (Å²) >= 11 is 0. The molecule has 0 atom stereocenters. The molecule has 1 aromatic carbocycles.